The predicted molar refractivity (Wildman–Crippen MR) is 125 cm³/mol. The van der Waals surface area contributed by atoms with Crippen molar-refractivity contribution in [2.24, 2.45) is 0 Å². The molecule has 0 aromatic heterocycles. The molecular weight excluding hydrogens is 459 g/mol. The molecule has 35 heavy (non-hydrogen) atoms. The van der Waals surface area contributed by atoms with E-state index in [4.69, 9.17) is 14.6 Å². The van der Waals surface area contributed by atoms with Crippen molar-refractivity contribution in [2.75, 3.05) is 19.7 Å². The van der Waals surface area contributed by atoms with Crippen LogP contribution in [0.5, 0.6) is 11.5 Å². The molecule has 0 radical (unpaired) electrons. The zero-order valence-electron chi connectivity index (χ0n) is 19.0. The lowest BCUT2D eigenvalue weighted by molar-refractivity contribution is -0.135. The number of fused-ring (bicyclic) bond motifs is 1. The summed E-state index contributed by atoms with van der Waals surface area (Å²) in [7, 11) is 0. The Morgan fingerprint density at radius 3 is 2.54 bits per heavy atom. The SMILES string of the molecule is O=C(O)CNCCCC(Oc1ccc(C(F)(F)c2cccc3c2OCC3)cc1)c1ccc(F)cc1. The van der Waals surface area contributed by atoms with Crippen molar-refractivity contribution in [3.63, 3.8) is 0 Å². The van der Waals surface area contributed by atoms with Gasteiger partial charge in [-0.15, -0.1) is 0 Å². The fraction of sp³-hybridized carbons (Fsp3) is 0.296. The van der Waals surface area contributed by atoms with E-state index in [0.717, 1.165) is 11.1 Å². The molecule has 3 aromatic rings. The summed E-state index contributed by atoms with van der Waals surface area (Å²) in [6, 6.07) is 16.3. The zero-order chi connectivity index (χ0) is 24.8. The average Bonchev–Trinajstić information content (AvgIpc) is 3.33. The van der Waals surface area contributed by atoms with E-state index in [1.54, 1.807) is 24.3 Å². The van der Waals surface area contributed by atoms with Crippen LogP contribution >= 0.6 is 0 Å². The highest BCUT2D eigenvalue weighted by molar-refractivity contribution is 5.68. The van der Waals surface area contributed by atoms with E-state index in [1.165, 1.54) is 42.5 Å². The molecule has 0 saturated heterocycles. The highest BCUT2D eigenvalue weighted by Gasteiger charge is 2.38. The highest BCUT2D eigenvalue weighted by atomic mass is 19.3. The van der Waals surface area contributed by atoms with Gasteiger partial charge in [0.25, 0.3) is 0 Å². The third kappa shape index (κ3) is 5.95. The first kappa shape index (κ1) is 24.6. The van der Waals surface area contributed by atoms with Crippen LogP contribution in [0.2, 0.25) is 0 Å². The Labute approximate surface area is 201 Å². The molecule has 0 fully saturated rings. The van der Waals surface area contributed by atoms with Crippen LogP contribution in [0.3, 0.4) is 0 Å². The van der Waals surface area contributed by atoms with Gasteiger partial charge < -0.3 is 19.9 Å². The number of ether oxygens (including phenoxy) is 2. The van der Waals surface area contributed by atoms with Crippen molar-refractivity contribution in [3.05, 3.63) is 94.8 Å². The molecule has 184 valence electrons. The van der Waals surface area contributed by atoms with Crippen molar-refractivity contribution in [1.82, 2.24) is 5.32 Å². The Morgan fingerprint density at radius 2 is 1.83 bits per heavy atom. The smallest absolute Gasteiger partial charge is 0.317 e. The number of carboxylic acid groups (broad SMARTS) is 1. The van der Waals surface area contributed by atoms with Crippen molar-refractivity contribution in [2.45, 2.75) is 31.3 Å². The summed E-state index contributed by atoms with van der Waals surface area (Å²) in [5.41, 5.74) is 1.18. The van der Waals surface area contributed by atoms with Crippen LogP contribution in [0.4, 0.5) is 13.2 Å². The first-order valence-corrected chi connectivity index (χ1v) is 11.4. The lowest BCUT2D eigenvalue weighted by Crippen LogP contribution is -2.24. The molecule has 0 spiro atoms. The van der Waals surface area contributed by atoms with Gasteiger partial charge in [-0.25, -0.2) is 4.39 Å². The summed E-state index contributed by atoms with van der Waals surface area (Å²) < 4.78 is 55.6. The number of carboxylic acids is 1. The van der Waals surface area contributed by atoms with E-state index in [-0.39, 0.29) is 29.2 Å². The molecule has 4 rings (SSSR count). The minimum absolute atomic E-state index is 0.145. The van der Waals surface area contributed by atoms with Gasteiger partial charge in [0.15, 0.2) is 0 Å². The largest absolute Gasteiger partial charge is 0.492 e. The number of aliphatic carboxylic acids is 1. The quantitative estimate of drug-likeness (QED) is 0.352. The molecule has 1 atom stereocenters. The first-order chi connectivity index (χ1) is 16.8. The summed E-state index contributed by atoms with van der Waals surface area (Å²) in [5.74, 6) is -3.91. The lowest BCUT2D eigenvalue weighted by atomic mass is 9.97. The highest BCUT2D eigenvalue weighted by Crippen LogP contribution is 2.44. The Balaban J connectivity index is 1.48. The molecule has 1 aliphatic heterocycles. The maximum Gasteiger partial charge on any atom is 0.317 e. The molecule has 8 heteroatoms. The predicted octanol–water partition coefficient (Wildman–Crippen LogP) is 5.48. The summed E-state index contributed by atoms with van der Waals surface area (Å²) in [4.78, 5) is 10.7. The molecule has 0 aliphatic carbocycles. The number of rotatable bonds is 11. The minimum Gasteiger partial charge on any atom is -0.492 e. The van der Waals surface area contributed by atoms with Crippen LogP contribution in [0.25, 0.3) is 0 Å². The molecule has 0 saturated carbocycles. The molecule has 1 aliphatic rings. The topological polar surface area (TPSA) is 67.8 Å². The van der Waals surface area contributed by atoms with Crippen molar-refractivity contribution >= 4 is 5.97 Å². The molecule has 1 unspecified atom stereocenters. The van der Waals surface area contributed by atoms with Crippen molar-refractivity contribution in [3.8, 4) is 11.5 Å². The number of nitrogens with one attached hydrogen (secondary N) is 1. The zero-order valence-corrected chi connectivity index (χ0v) is 19.0. The van der Waals surface area contributed by atoms with Gasteiger partial charge in [-0.2, -0.15) is 8.78 Å². The van der Waals surface area contributed by atoms with Crippen molar-refractivity contribution in [1.29, 1.82) is 0 Å². The van der Waals surface area contributed by atoms with Gasteiger partial charge in [0.05, 0.1) is 18.7 Å². The van der Waals surface area contributed by atoms with Crippen molar-refractivity contribution < 1.29 is 32.5 Å². The average molecular weight is 486 g/mol. The van der Waals surface area contributed by atoms with E-state index in [2.05, 4.69) is 5.32 Å². The standard InChI is InChI=1S/C27H26F3NO4/c28-21-10-6-18(7-11-21)24(5-2-15-31-17-25(32)33)35-22-12-8-20(9-13-22)27(29,30)23-4-1-3-19-14-16-34-26(19)23/h1,3-4,6-13,24,31H,2,5,14-17H2,(H,32,33). The van der Waals surface area contributed by atoms with Crippen LogP contribution in [-0.2, 0) is 17.1 Å². The second-order valence-electron chi connectivity index (χ2n) is 8.36. The Morgan fingerprint density at radius 1 is 1.09 bits per heavy atom. The van der Waals surface area contributed by atoms with Gasteiger partial charge in [0, 0.05) is 12.0 Å². The van der Waals surface area contributed by atoms with E-state index in [9.17, 15) is 9.18 Å². The number of hydrogen-bond donors (Lipinski definition) is 2. The second-order valence-corrected chi connectivity index (χ2v) is 8.36. The van der Waals surface area contributed by atoms with Gasteiger partial charge in [0.2, 0.25) is 0 Å². The number of halogens is 3. The van der Waals surface area contributed by atoms with Gasteiger partial charge in [-0.05, 0) is 73.0 Å². The molecule has 0 bridgehead atoms. The number of hydrogen-bond acceptors (Lipinski definition) is 4. The first-order valence-electron chi connectivity index (χ1n) is 11.4. The van der Waals surface area contributed by atoms with Gasteiger partial charge in [-0.3, -0.25) is 4.79 Å². The molecule has 3 aromatic carbocycles. The molecule has 5 nitrogen and oxygen atoms in total. The molecule has 2 N–H and O–H groups in total. The van der Waals surface area contributed by atoms with Crippen LogP contribution in [0.15, 0.2) is 66.7 Å². The number of carbonyl (C=O) groups is 1. The second kappa shape index (κ2) is 10.8. The van der Waals surface area contributed by atoms with Gasteiger partial charge >= 0.3 is 11.9 Å². The monoisotopic (exact) mass is 485 g/mol. The molecule has 1 heterocycles. The maximum absolute atomic E-state index is 15.3. The van der Waals surface area contributed by atoms with E-state index < -0.39 is 18.0 Å². The summed E-state index contributed by atoms with van der Waals surface area (Å²) in [5, 5.41) is 11.5. The van der Waals surface area contributed by atoms with Crippen LogP contribution < -0.4 is 14.8 Å². The van der Waals surface area contributed by atoms with Crippen LogP contribution in [-0.4, -0.2) is 30.8 Å². The number of benzene rings is 3. The van der Waals surface area contributed by atoms with Crippen LogP contribution in [0.1, 0.15) is 41.2 Å². The van der Waals surface area contributed by atoms with Crippen LogP contribution in [0, 0.1) is 5.82 Å². The third-order valence-electron chi connectivity index (χ3n) is 5.89. The Kier molecular flexibility index (Phi) is 7.60. The van der Waals surface area contributed by atoms with E-state index in [1.807, 2.05) is 0 Å². The third-order valence-corrected chi connectivity index (χ3v) is 5.89. The number of para-hydroxylation sites is 1. The lowest BCUT2D eigenvalue weighted by Gasteiger charge is -2.22. The summed E-state index contributed by atoms with van der Waals surface area (Å²) >= 11 is 0. The maximum atomic E-state index is 15.3. The van der Waals surface area contributed by atoms with E-state index in [0.29, 0.717) is 38.2 Å². The minimum atomic E-state index is -3.24. The van der Waals surface area contributed by atoms with Gasteiger partial charge in [0.1, 0.15) is 23.4 Å². The Hall–Kier alpha value is -3.52. The number of alkyl halides is 2. The van der Waals surface area contributed by atoms with Gasteiger partial charge in [-0.1, -0.05) is 24.3 Å². The Bertz CT molecular complexity index is 1150. The fourth-order valence-electron chi connectivity index (χ4n) is 4.10. The van der Waals surface area contributed by atoms with E-state index >= 15 is 8.78 Å². The normalized spacial score (nSPS) is 13.7. The summed E-state index contributed by atoms with van der Waals surface area (Å²) in [6.45, 7) is 0.710. The summed E-state index contributed by atoms with van der Waals surface area (Å²) in [6.07, 6.45) is 1.27. The molecule has 0 amide bonds. The fourth-order valence-corrected chi connectivity index (χ4v) is 4.10. The molecular formula is C27H26F3NO4.